The predicted octanol–water partition coefficient (Wildman–Crippen LogP) is 4.63. The van der Waals surface area contributed by atoms with Crippen LogP contribution in [-0.4, -0.2) is 27.3 Å². The minimum absolute atomic E-state index is 0.169. The molecule has 7 nitrogen and oxygen atoms in total. The monoisotopic (exact) mass is 452 g/mol. The van der Waals surface area contributed by atoms with E-state index in [2.05, 4.69) is 31.3 Å². The predicted molar refractivity (Wildman–Crippen MR) is 112 cm³/mol. The van der Waals surface area contributed by atoms with Gasteiger partial charge in [0.05, 0.1) is 6.26 Å². The molecule has 146 valence electrons. The molecular weight excluding hydrogens is 436 g/mol. The van der Waals surface area contributed by atoms with Gasteiger partial charge >= 0.3 is 0 Å². The molecule has 0 aliphatic rings. The Labute approximate surface area is 175 Å². The van der Waals surface area contributed by atoms with E-state index in [4.69, 9.17) is 9.15 Å². The van der Waals surface area contributed by atoms with Crippen molar-refractivity contribution in [2.45, 2.75) is 6.54 Å². The Kier molecular flexibility index (Phi) is 5.71. The number of anilines is 1. The Bertz CT molecular complexity index is 1080. The fourth-order valence-electron chi connectivity index (χ4n) is 2.62. The topological polar surface area (TPSA) is 82.2 Å². The van der Waals surface area contributed by atoms with E-state index >= 15 is 0 Å². The second-order valence-corrected chi connectivity index (χ2v) is 7.04. The van der Waals surface area contributed by atoms with E-state index in [-0.39, 0.29) is 12.5 Å². The summed E-state index contributed by atoms with van der Waals surface area (Å²) < 4.78 is 13.1. The number of aromatic nitrogens is 3. The minimum atomic E-state index is -0.350. The van der Waals surface area contributed by atoms with Crippen LogP contribution in [0.2, 0.25) is 0 Å². The highest BCUT2D eigenvalue weighted by atomic mass is 79.9. The van der Waals surface area contributed by atoms with Gasteiger partial charge in [-0.1, -0.05) is 46.3 Å². The lowest BCUT2D eigenvalue weighted by atomic mass is 10.2. The van der Waals surface area contributed by atoms with Crippen LogP contribution in [-0.2, 0) is 6.54 Å². The molecule has 8 heteroatoms. The van der Waals surface area contributed by atoms with Crippen LogP contribution in [0, 0.1) is 0 Å². The number of hydrogen-bond acceptors (Lipinski definition) is 6. The molecule has 0 radical (unpaired) electrons. The van der Waals surface area contributed by atoms with Gasteiger partial charge in [-0.15, -0.1) is 5.10 Å². The average Bonchev–Trinajstić information content (AvgIpc) is 3.42. The molecule has 1 N–H and O–H groups in total. The minimum Gasteiger partial charge on any atom is -0.484 e. The summed E-state index contributed by atoms with van der Waals surface area (Å²) in [7, 11) is 0. The highest BCUT2D eigenvalue weighted by Crippen LogP contribution is 2.19. The second kappa shape index (κ2) is 8.74. The summed E-state index contributed by atoms with van der Waals surface area (Å²) in [6.07, 6.45) is 1.53. The van der Waals surface area contributed by atoms with Gasteiger partial charge in [0.1, 0.15) is 5.75 Å². The van der Waals surface area contributed by atoms with Crippen molar-refractivity contribution in [2.75, 3.05) is 11.9 Å². The zero-order valence-corrected chi connectivity index (χ0v) is 16.9. The van der Waals surface area contributed by atoms with E-state index in [1.165, 1.54) is 10.9 Å². The van der Waals surface area contributed by atoms with Crippen LogP contribution in [0.25, 0.3) is 11.6 Å². The first-order chi connectivity index (χ1) is 14.2. The van der Waals surface area contributed by atoms with Crippen molar-refractivity contribution in [2.24, 2.45) is 0 Å². The summed E-state index contributed by atoms with van der Waals surface area (Å²) in [5.74, 6) is 1.38. The lowest BCUT2D eigenvalue weighted by Crippen LogP contribution is -2.22. The molecule has 2 heterocycles. The SMILES string of the molecule is O=C(COc1ccccc1)n1nc(-c2ccco2)nc1NCc1ccc(Br)cc1. The second-order valence-electron chi connectivity index (χ2n) is 6.12. The maximum atomic E-state index is 12.7. The summed E-state index contributed by atoms with van der Waals surface area (Å²) in [5, 5.41) is 7.47. The normalized spacial score (nSPS) is 10.7. The lowest BCUT2D eigenvalue weighted by Gasteiger charge is -2.08. The molecule has 29 heavy (non-hydrogen) atoms. The molecular formula is C21H17BrN4O3. The molecule has 0 spiro atoms. The van der Waals surface area contributed by atoms with E-state index in [9.17, 15) is 4.79 Å². The third kappa shape index (κ3) is 4.72. The first-order valence-corrected chi connectivity index (χ1v) is 9.68. The van der Waals surface area contributed by atoms with Gasteiger partial charge in [0.2, 0.25) is 11.8 Å². The number of rotatable bonds is 7. The van der Waals surface area contributed by atoms with Gasteiger partial charge in [-0.05, 0) is 42.0 Å². The molecule has 2 aromatic heterocycles. The zero-order valence-electron chi connectivity index (χ0n) is 15.3. The molecule has 0 saturated heterocycles. The Morgan fingerprint density at radius 3 is 2.59 bits per heavy atom. The van der Waals surface area contributed by atoms with Crippen molar-refractivity contribution < 1.29 is 13.9 Å². The molecule has 0 bridgehead atoms. The van der Waals surface area contributed by atoms with Crippen LogP contribution in [0.4, 0.5) is 5.95 Å². The number of halogens is 1. The maximum Gasteiger partial charge on any atom is 0.287 e. The number of furan rings is 1. The fraction of sp³-hybridized carbons (Fsp3) is 0.0952. The Hall–Kier alpha value is -3.39. The van der Waals surface area contributed by atoms with Gasteiger partial charge in [-0.3, -0.25) is 4.79 Å². The molecule has 2 aromatic carbocycles. The molecule has 0 unspecified atom stereocenters. The first-order valence-electron chi connectivity index (χ1n) is 8.89. The van der Waals surface area contributed by atoms with Gasteiger partial charge < -0.3 is 14.5 Å². The van der Waals surface area contributed by atoms with Crippen molar-refractivity contribution in [3.63, 3.8) is 0 Å². The van der Waals surface area contributed by atoms with Crippen molar-refractivity contribution in [1.29, 1.82) is 0 Å². The van der Waals surface area contributed by atoms with Crippen LogP contribution >= 0.6 is 15.9 Å². The zero-order chi connectivity index (χ0) is 20.1. The highest BCUT2D eigenvalue weighted by molar-refractivity contribution is 9.10. The quantitative estimate of drug-likeness (QED) is 0.440. The number of ether oxygens (including phenoxy) is 1. The van der Waals surface area contributed by atoms with Gasteiger partial charge in [0.15, 0.2) is 12.4 Å². The number of nitrogens with zero attached hydrogens (tertiary/aromatic N) is 3. The number of hydrogen-bond donors (Lipinski definition) is 1. The summed E-state index contributed by atoms with van der Waals surface area (Å²) in [6.45, 7) is 0.314. The van der Waals surface area contributed by atoms with Crippen LogP contribution in [0.1, 0.15) is 10.4 Å². The number of carbonyl (C=O) groups excluding carboxylic acids is 1. The summed E-state index contributed by atoms with van der Waals surface area (Å²) in [4.78, 5) is 17.2. The van der Waals surface area contributed by atoms with Crippen molar-refractivity contribution in [3.8, 4) is 17.3 Å². The number of benzene rings is 2. The fourth-order valence-corrected chi connectivity index (χ4v) is 2.88. The van der Waals surface area contributed by atoms with Crippen molar-refractivity contribution >= 4 is 27.8 Å². The van der Waals surface area contributed by atoms with Crippen LogP contribution in [0.3, 0.4) is 0 Å². The van der Waals surface area contributed by atoms with Gasteiger partial charge in [-0.25, -0.2) is 0 Å². The van der Waals surface area contributed by atoms with Crippen LogP contribution in [0.15, 0.2) is 81.9 Å². The molecule has 0 amide bonds. The lowest BCUT2D eigenvalue weighted by molar-refractivity contribution is 0.0824. The van der Waals surface area contributed by atoms with E-state index in [1.54, 1.807) is 24.3 Å². The van der Waals surface area contributed by atoms with E-state index in [0.29, 0.717) is 29.8 Å². The van der Waals surface area contributed by atoms with Gasteiger partial charge in [0.25, 0.3) is 5.91 Å². The molecule has 4 aromatic rings. The third-order valence-corrected chi connectivity index (χ3v) is 4.58. The first kappa shape index (κ1) is 18.9. The van der Waals surface area contributed by atoms with Crippen LogP contribution < -0.4 is 10.1 Å². The molecule has 0 atom stereocenters. The van der Waals surface area contributed by atoms with Gasteiger partial charge in [-0.2, -0.15) is 9.67 Å². The summed E-state index contributed by atoms with van der Waals surface area (Å²) in [5.41, 5.74) is 1.04. The largest absolute Gasteiger partial charge is 0.484 e. The standard InChI is InChI=1S/C21H17BrN4O3/c22-16-10-8-15(9-11-16)13-23-21-24-20(18-7-4-12-28-18)25-26(21)19(27)14-29-17-5-2-1-3-6-17/h1-12H,13-14H2,(H,23,24,25). The number of para-hydroxylation sites is 1. The Balaban J connectivity index is 1.53. The van der Waals surface area contributed by atoms with Gasteiger partial charge in [0, 0.05) is 11.0 Å². The van der Waals surface area contributed by atoms with Crippen LogP contribution in [0.5, 0.6) is 5.75 Å². The van der Waals surface area contributed by atoms with E-state index < -0.39 is 0 Å². The maximum absolute atomic E-state index is 12.7. The summed E-state index contributed by atoms with van der Waals surface area (Å²) >= 11 is 3.42. The smallest absolute Gasteiger partial charge is 0.287 e. The number of nitrogens with one attached hydrogen (secondary N) is 1. The molecule has 4 rings (SSSR count). The van der Waals surface area contributed by atoms with Crippen molar-refractivity contribution in [3.05, 3.63) is 83.0 Å². The highest BCUT2D eigenvalue weighted by Gasteiger charge is 2.19. The molecule has 0 fully saturated rings. The molecule has 0 saturated carbocycles. The van der Waals surface area contributed by atoms with E-state index in [0.717, 1.165) is 10.0 Å². The van der Waals surface area contributed by atoms with E-state index in [1.807, 2.05) is 42.5 Å². The Morgan fingerprint density at radius 1 is 1.07 bits per heavy atom. The van der Waals surface area contributed by atoms with Crippen molar-refractivity contribution in [1.82, 2.24) is 14.8 Å². The average molecular weight is 453 g/mol. The number of carbonyl (C=O) groups is 1. The molecule has 0 aliphatic heterocycles. The Morgan fingerprint density at radius 2 is 1.86 bits per heavy atom. The third-order valence-electron chi connectivity index (χ3n) is 4.05. The summed E-state index contributed by atoms with van der Waals surface area (Å²) in [6, 6.07) is 20.5. The molecule has 0 aliphatic carbocycles.